The molecule has 0 fully saturated rings. The van der Waals surface area contributed by atoms with Crippen LogP contribution in [-0.4, -0.2) is 26.6 Å². The highest BCUT2D eigenvalue weighted by molar-refractivity contribution is 5.95. The maximum atomic E-state index is 13.7. The monoisotopic (exact) mass is 354 g/mol. The van der Waals surface area contributed by atoms with Gasteiger partial charge in [-0.25, -0.2) is 4.39 Å². The molecule has 26 heavy (non-hydrogen) atoms. The summed E-state index contributed by atoms with van der Waals surface area (Å²) in [6.45, 7) is 0.666. The number of halogens is 1. The Morgan fingerprint density at radius 3 is 2.58 bits per heavy atom. The zero-order valence-electron chi connectivity index (χ0n) is 15.0. The van der Waals surface area contributed by atoms with Crippen LogP contribution < -0.4 is 10.2 Å². The standard InChI is InChI=1S/C21H23FN2O2/c1-24(2)19-10-8-15(9-11-19)21(25)23-20(17-6-4-12-26-14-17)16-5-3-7-18(22)13-16/h3,5,7-11,13-14,20H,4,6,12H2,1-2H3,(H,23,25)/t20-/m0/s1. The first-order valence-electron chi connectivity index (χ1n) is 8.69. The smallest absolute Gasteiger partial charge is 0.252 e. The minimum Gasteiger partial charge on any atom is -0.501 e. The van der Waals surface area contributed by atoms with Crippen molar-refractivity contribution >= 4 is 11.6 Å². The first kappa shape index (κ1) is 18.0. The molecule has 1 N–H and O–H groups in total. The Morgan fingerprint density at radius 1 is 1.19 bits per heavy atom. The fourth-order valence-electron chi connectivity index (χ4n) is 3.00. The van der Waals surface area contributed by atoms with Gasteiger partial charge in [0.25, 0.3) is 5.91 Å². The molecule has 1 amide bonds. The molecule has 0 radical (unpaired) electrons. The molecular weight excluding hydrogens is 331 g/mol. The molecule has 0 aliphatic carbocycles. The lowest BCUT2D eigenvalue weighted by atomic mass is 9.94. The summed E-state index contributed by atoms with van der Waals surface area (Å²) < 4.78 is 19.1. The second-order valence-electron chi connectivity index (χ2n) is 6.57. The molecule has 0 aromatic heterocycles. The molecule has 0 saturated carbocycles. The Balaban J connectivity index is 1.85. The summed E-state index contributed by atoms with van der Waals surface area (Å²) in [5, 5.41) is 3.03. The van der Waals surface area contributed by atoms with Gasteiger partial charge in [0.05, 0.1) is 18.9 Å². The summed E-state index contributed by atoms with van der Waals surface area (Å²) in [6, 6.07) is 13.3. The molecule has 4 nitrogen and oxygen atoms in total. The lowest BCUT2D eigenvalue weighted by Gasteiger charge is -2.25. The number of nitrogens with one attached hydrogen (secondary N) is 1. The summed E-state index contributed by atoms with van der Waals surface area (Å²) in [4.78, 5) is 14.7. The summed E-state index contributed by atoms with van der Waals surface area (Å²) in [5.41, 5.74) is 3.24. The Hall–Kier alpha value is -2.82. The number of carbonyl (C=O) groups is 1. The lowest BCUT2D eigenvalue weighted by Crippen LogP contribution is -2.30. The van der Waals surface area contributed by atoms with Crippen LogP contribution in [0.25, 0.3) is 0 Å². The van der Waals surface area contributed by atoms with E-state index in [0.29, 0.717) is 17.7 Å². The molecular formula is C21H23FN2O2. The van der Waals surface area contributed by atoms with Crippen LogP contribution in [0.5, 0.6) is 0 Å². The molecule has 136 valence electrons. The predicted molar refractivity (Wildman–Crippen MR) is 101 cm³/mol. The van der Waals surface area contributed by atoms with E-state index in [1.54, 1.807) is 24.5 Å². The molecule has 1 aliphatic heterocycles. The Morgan fingerprint density at radius 2 is 1.96 bits per heavy atom. The van der Waals surface area contributed by atoms with E-state index in [1.807, 2.05) is 37.2 Å². The van der Waals surface area contributed by atoms with Gasteiger partial charge in [0.15, 0.2) is 0 Å². The van der Waals surface area contributed by atoms with Crippen LogP contribution in [0.4, 0.5) is 10.1 Å². The minimum absolute atomic E-state index is 0.198. The summed E-state index contributed by atoms with van der Waals surface area (Å²) >= 11 is 0. The van der Waals surface area contributed by atoms with E-state index in [9.17, 15) is 9.18 Å². The van der Waals surface area contributed by atoms with Crippen molar-refractivity contribution in [2.45, 2.75) is 18.9 Å². The minimum atomic E-state index is -0.410. The lowest BCUT2D eigenvalue weighted by molar-refractivity contribution is 0.0939. The van der Waals surface area contributed by atoms with Gasteiger partial charge in [0, 0.05) is 25.3 Å². The van der Waals surface area contributed by atoms with Gasteiger partial charge in [-0.3, -0.25) is 4.79 Å². The van der Waals surface area contributed by atoms with Gasteiger partial charge in [0.2, 0.25) is 0 Å². The van der Waals surface area contributed by atoms with E-state index in [4.69, 9.17) is 4.74 Å². The van der Waals surface area contributed by atoms with E-state index < -0.39 is 6.04 Å². The van der Waals surface area contributed by atoms with Crippen LogP contribution in [0.15, 0.2) is 60.4 Å². The number of rotatable bonds is 5. The number of hydrogen-bond acceptors (Lipinski definition) is 3. The number of anilines is 1. The van der Waals surface area contributed by atoms with E-state index in [2.05, 4.69) is 5.32 Å². The molecule has 2 aromatic carbocycles. The molecule has 0 spiro atoms. The maximum absolute atomic E-state index is 13.7. The third-order valence-electron chi connectivity index (χ3n) is 4.44. The third-order valence-corrected chi connectivity index (χ3v) is 4.44. The summed E-state index contributed by atoms with van der Waals surface area (Å²) in [7, 11) is 3.90. The van der Waals surface area contributed by atoms with Crippen molar-refractivity contribution in [2.75, 3.05) is 25.6 Å². The molecule has 2 aromatic rings. The second-order valence-corrected chi connectivity index (χ2v) is 6.57. The highest BCUT2D eigenvalue weighted by Gasteiger charge is 2.22. The van der Waals surface area contributed by atoms with Gasteiger partial charge in [-0.05, 0) is 60.4 Å². The van der Waals surface area contributed by atoms with Crippen LogP contribution in [0.2, 0.25) is 0 Å². The van der Waals surface area contributed by atoms with E-state index >= 15 is 0 Å². The van der Waals surface area contributed by atoms with Crippen molar-refractivity contribution in [1.82, 2.24) is 5.32 Å². The zero-order chi connectivity index (χ0) is 18.5. The number of nitrogens with zero attached hydrogens (tertiary/aromatic N) is 1. The van der Waals surface area contributed by atoms with Crippen molar-refractivity contribution in [1.29, 1.82) is 0 Å². The molecule has 1 aliphatic rings. The average molecular weight is 354 g/mol. The second kappa shape index (κ2) is 8.04. The number of amides is 1. The number of ether oxygens (including phenoxy) is 1. The van der Waals surface area contributed by atoms with E-state index in [0.717, 1.165) is 24.1 Å². The zero-order valence-corrected chi connectivity index (χ0v) is 15.0. The molecule has 3 rings (SSSR count). The molecule has 0 bridgehead atoms. The van der Waals surface area contributed by atoms with Crippen molar-refractivity contribution in [3.05, 3.63) is 77.3 Å². The first-order valence-corrected chi connectivity index (χ1v) is 8.69. The molecule has 1 heterocycles. The van der Waals surface area contributed by atoms with Crippen LogP contribution in [0.1, 0.15) is 34.8 Å². The number of hydrogen-bond donors (Lipinski definition) is 1. The maximum Gasteiger partial charge on any atom is 0.252 e. The van der Waals surface area contributed by atoms with Crippen LogP contribution >= 0.6 is 0 Å². The Labute approximate surface area is 153 Å². The SMILES string of the molecule is CN(C)c1ccc(C(=O)N[C@H](C2=COCCC2)c2cccc(F)c2)cc1. The van der Waals surface area contributed by atoms with Gasteiger partial charge < -0.3 is 15.0 Å². The third kappa shape index (κ3) is 4.23. The fraction of sp³-hybridized carbons (Fsp3) is 0.286. The topological polar surface area (TPSA) is 41.6 Å². The molecule has 0 saturated heterocycles. The van der Waals surface area contributed by atoms with Gasteiger partial charge in [-0.1, -0.05) is 12.1 Å². The highest BCUT2D eigenvalue weighted by Crippen LogP contribution is 2.28. The molecule has 1 atom stereocenters. The highest BCUT2D eigenvalue weighted by atomic mass is 19.1. The van der Waals surface area contributed by atoms with Gasteiger partial charge in [-0.2, -0.15) is 0 Å². The van der Waals surface area contributed by atoms with Gasteiger partial charge >= 0.3 is 0 Å². The van der Waals surface area contributed by atoms with Crippen molar-refractivity contribution < 1.29 is 13.9 Å². The van der Waals surface area contributed by atoms with Crippen LogP contribution in [0, 0.1) is 5.82 Å². The first-order chi connectivity index (χ1) is 12.5. The normalized spacial score (nSPS) is 14.8. The molecule has 0 unspecified atom stereocenters. The van der Waals surface area contributed by atoms with Gasteiger partial charge in [-0.15, -0.1) is 0 Å². The van der Waals surface area contributed by atoms with Gasteiger partial charge in [0.1, 0.15) is 5.82 Å². The van der Waals surface area contributed by atoms with Crippen molar-refractivity contribution in [2.24, 2.45) is 0 Å². The fourth-order valence-corrected chi connectivity index (χ4v) is 3.00. The average Bonchev–Trinajstić information content (AvgIpc) is 2.66. The summed E-state index contributed by atoms with van der Waals surface area (Å²) in [6.07, 6.45) is 3.38. The van der Waals surface area contributed by atoms with Crippen LogP contribution in [0.3, 0.4) is 0 Å². The summed E-state index contributed by atoms with van der Waals surface area (Å²) in [5.74, 6) is -0.523. The van der Waals surface area contributed by atoms with E-state index in [-0.39, 0.29) is 11.7 Å². The Bertz CT molecular complexity index is 800. The van der Waals surface area contributed by atoms with E-state index in [1.165, 1.54) is 12.1 Å². The number of carbonyl (C=O) groups excluding carboxylic acids is 1. The predicted octanol–water partition coefficient (Wildman–Crippen LogP) is 4.06. The van der Waals surface area contributed by atoms with Crippen molar-refractivity contribution in [3.63, 3.8) is 0 Å². The number of benzene rings is 2. The van der Waals surface area contributed by atoms with Crippen LogP contribution in [-0.2, 0) is 4.74 Å². The van der Waals surface area contributed by atoms with Crippen molar-refractivity contribution in [3.8, 4) is 0 Å². The quantitative estimate of drug-likeness (QED) is 0.880. The Kier molecular flexibility index (Phi) is 5.56. The largest absolute Gasteiger partial charge is 0.501 e. The molecule has 5 heteroatoms.